The van der Waals surface area contributed by atoms with Crippen molar-refractivity contribution in [1.29, 1.82) is 0 Å². The van der Waals surface area contributed by atoms with E-state index in [0.29, 0.717) is 50.7 Å². The van der Waals surface area contributed by atoms with Crippen LogP contribution in [-0.2, 0) is 15.9 Å². The average Bonchev–Trinajstić information content (AvgIpc) is 3.44. The smallest absolute Gasteiger partial charge is 0.434 e. The molecular weight excluding hydrogens is 608 g/mol. The number of nitrogens with zero attached hydrogens (tertiary/aromatic N) is 3. The number of hydrogen-bond donors (Lipinski definition) is 1. The Morgan fingerprint density at radius 3 is 2.24 bits per heavy atom. The molecule has 242 valence electrons. The molecule has 1 aromatic heterocycles. The van der Waals surface area contributed by atoms with Gasteiger partial charge in [-0.25, -0.2) is 9.59 Å². The molecule has 3 aromatic carbocycles. The predicted octanol–water partition coefficient (Wildman–Crippen LogP) is 6.84. The molecule has 0 spiro atoms. The molecule has 11 heteroatoms. The van der Waals surface area contributed by atoms with Crippen LogP contribution in [0.25, 0.3) is 0 Å². The number of aromatic nitrogens is 1. The molecule has 46 heavy (non-hydrogen) atoms. The Balaban J connectivity index is 1.36. The van der Waals surface area contributed by atoms with Gasteiger partial charge in [0.25, 0.3) is 11.8 Å². The average molecular weight is 647 g/mol. The maximum Gasteiger partial charge on any atom is 0.515 e. The van der Waals surface area contributed by atoms with Crippen molar-refractivity contribution in [1.82, 2.24) is 14.8 Å². The van der Waals surface area contributed by atoms with Crippen LogP contribution in [0.5, 0.6) is 5.88 Å². The first-order chi connectivity index (χ1) is 22.5. The summed E-state index contributed by atoms with van der Waals surface area (Å²) in [6.07, 6.45) is 0.0414. The largest absolute Gasteiger partial charge is 0.515 e. The van der Waals surface area contributed by atoms with Gasteiger partial charge in [-0.3, -0.25) is 10.2 Å². The van der Waals surface area contributed by atoms with E-state index in [-0.39, 0.29) is 30.2 Å². The second kappa shape index (κ2) is 16.8. The van der Waals surface area contributed by atoms with E-state index in [2.05, 4.69) is 39.5 Å². The Hall–Kier alpha value is -4.38. The van der Waals surface area contributed by atoms with Gasteiger partial charge in [0.1, 0.15) is 0 Å². The fourth-order valence-electron chi connectivity index (χ4n) is 5.33. The van der Waals surface area contributed by atoms with Gasteiger partial charge >= 0.3 is 12.2 Å². The number of anilines is 1. The summed E-state index contributed by atoms with van der Waals surface area (Å²) in [6, 6.07) is 27.4. The quantitative estimate of drug-likeness (QED) is 0.157. The predicted molar refractivity (Wildman–Crippen MR) is 176 cm³/mol. The number of carbonyl (C=O) groups is 2. The molecule has 0 saturated carbocycles. The summed E-state index contributed by atoms with van der Waals surface area (Å²) in [6.45, 7) is 6.35. The maximum atomic E-state index is 13.9. The van der Waals surface area contributed by atoms with E-state index in [0.717, 1.165) is 18.7 Å². The second-order valence-corrected chi connectivity index (χ2v) is 11.3. The summed E-state index contributed by atoms with van der Waals surface area (Å²) >= 11 is 6.04. The summed E-state index contributed by atoms with van der Waals surface area (Å²) in [5, 5.41) is 3.43. The number of oxazole rings is 1. The fourth-order valence-corrected chi connectivity index (χ4v) is 5.46. The van der Waals surface area contributed by atoms with Gasteiger partial charge in [-0.15, -0.1) is 0 Å². The highest BCUT2D eigenvalue weighted by atomic mass is 35.5. The monoisotopic (exact) mass is 646 g/mol. The Kier molecular flexibility index (Phi) is 12.0. The Labute approximate surface area is 274 Å². The van der Waals surface area contributed by atoms with Crippen LogP contribution >= 0.6 is 11.6 Å². The third-order valence-electron chi connectivity index (χ3n) is 7.74. The lowest BCUT2D eigenvalue weighted by molar-refractivity contribution is 0.0351. The van der Waals surface area contributed by atoms with Crippen molar-refractivity contribution in [2.75, 3.05) is 57.9 Å². The van der Waals surface area contributed by atoms with Gasteiger partial charge in [-0.1, -0.05) is 84.4 Å². The first kappa shape index (κ1) is 33.0. The molecule has 2 amide bonds. The molecule has 0 radical (unpaired) electrons. The van der Waals surface area contributed by atoms with Gasteiger partial charge in [-0.2, -0.15) is 4.98 Å². The molecule has 0 bridgehead atoms. The zero-order valence-corrected chi connectivity index (χ0v) is 26.7. The number of benzene rings is 3. The van der Waals surface area contributed by atoms with Gasteiger partial charge in [0.05, 0.1) is 19.8 Å². The maximum absolute atomic E-state index is 13.9. The third kappa shape index (κ3) is 9.56. The minimum atomic E-state index is -0.943. The molecule has 0 atom stereocenters. The number of carbonyl (C=O) groups excluding carboxylic acids is 2. The molecule has 1 fully saturated rings. The van der Waals surface area contributed by atoms with Crippen LogP contribution in [0.4, 0.5) is 15.5 Å². The molecule has 1 saturated heterocycles. The van der Waals surface area contributed by atoms with Gasteiger partial charge in [0.15, 0.2) is 0 Å². The van der Waals surface area contributed by atoms with Crippen molar-refractivity contribution in [3.05, 3.63) is 113 Å². The second-order valence-electron chi connectivity index (χ2n) is 10.9. The van der Waals surface area contributed by atoms with E-state index >= 15 is 0 Å². The summed E-state index contributed by atoms with van der Waals surface area (Å²) < 4.78 is 21.7. The molecular formula is C35H39ClN4O6. The Bertz CT molecular complexity index is 1490. The SMILES string of the molecule is CCOC(=O)Oc1nc(Cc2ccc(Cl)cc2)oc1NC(=O)N(CCC(c1ccccc1)c1ccccc1)CCN1CCOCC1. The number of morpholine rings is 1. The van der Waals surface area contributed by atoms with Crippen LogP contribution in [0.2, 0.25) is 5.02 Å². The van der Waals surface area contributed by atoms with Gasteiger partial charge < -0.3 is 23.5 Å². The Morgan fingerprint density at radius 1 is 0.957 bits per heavy atom. The molecule has 0 unspecified atom stereocenters. The van der Waals surface area contributed by atoms with E-state index in [1.807, 2.05) is 48.5 Å². The number of halogens is 1. The van der Waals surface area contributed by atoms with E-state index in [1.54, 1.807) is 24.0 Å². The number of ether oxygens (including phenoxy) is 3. The summed E-state index contributed by atoms with van der Waals surface area (Å²) in [4.78, 5) is 34.6. The summed E-state index contributed by atoms with van der Waals surface area (Å²) in [7, 11) is 0. The number of amides is 2. The van der Waals surface area contributed by atoms with Crippen molar-refractivity contribution in [2.45, 2.75) is 25.7 Å². The minimum absolute atomic E-state index is 0.0685. The molecule has 4 aromatic rings. The highest BCUT2D eigenvalue weighted by molar-refractivity contribution is 6.30. The van der Waals surface area contributed by atoms with Crippen molar-refractivity contribution in [3.63, 3.8) is 0 Å². The van der Waals surface area contributed by atoms with E-state index in [1.165, 1.54) is 11.1 Å². The van der Waals surface area contributed by atoms with Crippen LogP contribution < -0.4 is 10.1 Å². The number of nitrogens with one attached hydrogen (secondary N) is 1. The Morgan fingerprint density at radius 2 is 1.61 bits per heavy atom. The highest BCUT2D eigenvalue weighted by Crippen LogP contribution is 2.30. The lowest BCUT2D eigenvalue weighted by Gasteiger charge is -2.31. The normalized spacial score (nSPS) is 13.4. The molecule has 2 heterocycles. The van der Waals surface area contributed by atoms with Crippen molar-refractivity contribution in [2.24, 2.45) is 0 Å². The van der Waals surface area contributed by atoms with Gasteiger partial charge in [0, 0.05) is 50.1 Å². The van der Waals surface area contributed by atoms with Crippen LogP contribution in [-0.4, -0.2) is 79.5 Å². The van der Waals surface area contributed by atoms with Crippen LogP contribution in [0.15, 0.2) is 89.3 Å². The van der Waals surface area contributed by atoms with Crippen molar-refractivity contribution in [3.8, 4) is 5.88 Å². The summed E-state index contributed by atoms with van der Waals surface area (Å²) in [5.41, 5.74) is 3.23. The van der Waals surface area contributed by atoms with Crippen molar-refractivity contribution >= 4 is 29.7 Å². The molecule has 0 aliphatic carbocycles. The highest BCUT2D eigenvalue weighted by Gasteiger charge is 2.25. The molecule has 1 aliphatic heterocycles. The van der Waals surface area contributed by atoms with Crippen LogP contribution in [0.3, 0.4) is 0 Å². The topological polar surface area (TPSA) is 106 Å². The summed E-state index contributed by atoms with van der Waals surface area (Å²) in [5.74, 6) is 0.0986. The van der Waals surface area contributed by atoms with Gasteiger partial charge in [-0.05, 0) is 42.2 Å². The zero-order chi connectivity index (χ0) is 32.1. The lowest BCUT2D eigenvalue weighted by Crippen LogP contribution is -2.44. The van der Waals surface area contributed by atoms with E-state index < -0.39 is 12.2 Å². The van der Waals surface area contributed by atoms with Crippen molar-refractivity contribution < 1.29 is 28.2 Å². The molecule has 1 aliphatic rings. The standard InChI is InChI=1S/C35H39ClN4O6/c1-2-44-35(42)46-32-33(45-31(37-32)25-26-13-15-29(36)16-14-26)38-34(41)40(20-19-39-21-23-43-24-22-39)18-17-30(27-9-5-3-6-10-27)28-11-7-4-8-12-28/h3-16,30H,2,17-25H2,1H3,(H,38,41). The van der Waals surface area contributed by atoms with E-state index in [4.69, 9.17) is 30.2 Å². The number of urea groups is 1. The van der Waals surface area contributed by atoms with E-state index in [9.17, 15) is 9.59 Å². The lowest BCUT2D eigenvalue weighted by atomic mass is 9.88. The number of rotatable bonds is 13. The van der Waals surface area contributed by atoms with Crippen LogP contribution in [0.1, 0.15) is 41.8 Å². The zero-order valence-electron chi connectivity index (χ0n) is 25.9. The molecule has 10 nitrogen and oxygen atoms in total. The first-order valence-electron chi connectivity index (χ1n) is 15.5. The van der Waals surface area contributed by atoms with Crippen LogP contribution in [0, 0.1) is 0 Å². The minimum Gasteiger partial charge on any atom is -0.434 e. The molecule has 5 rings (SSSR count). The molecule has 1 N–H and O–H groups in total. The first-order valence-corrected chi connectivity index (χ1v) is 15.9. The van der Waals surface area contributed by atoms with Gasteiger partial charge in [0.2, 0.25) is 5.89 Å². The third-order valence-corrected chi connectivity index (χ3v) is 7.99. The number of hydrogen-bond acceptors (Lipinski definition) is 8. The fraction of sp³-hybridized carbons (Fsp3) is 0.343.